The standard InChI is InChI=1S/C16H21NO2/c1-12-8-9-14(17-15(19)16(2,3)4)13(11-12)7-5-6-10-18/h8-9,11,18H,6,10H2,1-4H3,(H,17,19). The van der Waals surface area contributed by atoms with Crippen molar-refractivity contribution in [1.82, 2.24) is 0 Å². The quantitative estimate of drug-likeness (QED) is 0.802. The summed E-state index contributed by atoms with van der Waals surface area (Å²) in [5.74, 6) is 5.83. The Morgan fingerprint density at radius 3 is 2.63 bits per heavy atom. The number of nitrogens with one attached hydrogen (secondary N) is 1. The van der Waals surface area contributed by atoms with Crippen LogP contribution in [0.5, 0.6) is 0 Å². The molecule has 0 saturated heterocycles. The minimum absolute atomic E-state index is 0.0402. The van der Waals surface area contributed by atoms with Gasteiger partial charge in [-0.1, -0.05) is 38.7 Å². The van der Waals surface area contributed by atoms with Crippen molar-refractivity contribution in [3.05, 3.63) is 29.3 Å². The van der Waals surface area contributed by atoms with E-state index in [1.54, 1.807) is 0 Å². The van der Waals surface area contributed by atoms with Crippen molar-refractivity contribution in [3.8, 4) is 11.8 Å². The molecule has 3 heteroatoms. The van der Waals surface area contributed by atoms with Crippen LogP contribution in [0, 0.1) is 24.2 Å². The van der Waals surface area contributed by atoms with Crippen LogP contribution in [0.2, 0.25) is 0 Å². The van der Waals surface area contributed by atoms with Crippen molar-refractivity contribution in [2.24, 2.45) is 5.41 Å². The maximum Gasteiger partial charge on any atom is 0.229 e. The molecular weight excluding hydrogens is 238 g/mol. The number of aryl methyl sites for hydroxylation is 1. The van der Waals surface area contributed by atoms with E-state index >= 15 is 0 Å². The second kappa shape index (κ2) is 6.40. The largest absolute Gasteiger partial charge is 0.395 e. The predicted octanol–water partition coefficient (Wildman–Crippen LogP) is 2.71. The molecule has 0 unspecified atom stereocenters. The predicted molar refractivity (Wildman–Crippen MR) is 77.8 cm³/mol. The first-order valence-corrected chi connectivity index (χ1v) is 6.36. The number of aliphatic hydroxyl groups is 1. The lowest BCUT2D eigenvalue weighted by Crippen LogP contribution is -2.27. The molecule has 0 aliphatic rings. The molecule has 19 heavy (non-hydrogen) atoms. The van der Waals surface area contributed by atoms with E-state index in [4.69, 9.17) is 5.11 Å². The summed E-state index contributed by atoms with van der Waals surface area (Å²) in [5, 5.41) is 11.6. The smallest absolute Gasteiger partial charge is 0.229 e. The van der Waals surface area contributed by atoms with E-state index in [1.165, 1.54) is 0 Å². The highest BCUT2D eigenvalue weighted by atomic mass is 16.2. The molecule has 102 valence electrons. The van der Waals surface area contributed by atoms with Crippen LogP contribution in [0.25, 0.3) is 0 Å². The molecule has 0 spiro atoms. The van der Waals surface area contributed by atoms with Crippen LogP contribution >= 0.6 is 0 Å². The van der Waals surface area contributed by atoms with E-state index in [0.717, 1.165) is 16.8 Å². The van der Waals surface area contributed by atoms with E-state index in [0.29, 0.717) is 6.42 Å². The van der Waals surface area contributed by atoms with Crippen molar-refractivity contribution < 1.29 is 9.90 Å². The van der Waals surface area contributed by atoms with E-state index in [-0.39, 0.29) is 12.5 Å². The Kier molecular flexibility index (Phi) is 5.14. The molecule has 2 N–H and O–H groups in total. The SMILES string of the molecule is Cc1ccc(NC(=O)C(C)(C)C)c(C#CCCO)c1. The molecule has 0 saturated carbocycles. The van der Waals surface area contributed by atoms with Crippen molar-refractivity contribution in [3.63, 3.8) is 0 Å². The number of anilines is 1. The number of rotatable bonds is 2. The third-order valence-electron chi connectivity index (χ3n) is 2.56. The zero-order chi connectivity index (χ0) is 14.5. The van der Waals surface area contributed by atoms with Crippen LogP contribution in [-0.4, -0.2) is 17.6 Å². The van der Waals surface area contributed by atoms with Crippen LogP contribution in [-0.2, 0) is 4.79 Å². The van der Waals surface area contributed by atoms with Crippen LogP contribution < -0.4 is 5.32 Å². The fourth-order valence-electron chi connectivity index (χ4n) is 1.39. The summed E-state index contributed by atoms with van der Waals surface area (Å²) in [6.45, 7) is 7.63. The molecule has 0 aliphatic carbocycles. The lowest BCUT2D eigenvalue weighted by atomic mass is 9.95. The summed E-state index contributed by atoms with van der Waals surface area (Å²) in [4.78, 5) is 12.0. The lowest BCUT2D eigenvalue weighted by Gasteiger charge is -2.18. The summed E-state index contributed by atoms with van der Waals surface area (Å²) >= 11 is 0. The number of carbonyl (C=O) groups is 1. The normalized spacial score (nSPS) is 10.6. The van der Waals surface area contributed by atoms with E-state index in [2.05, 4.69) is 17.2 Å². The second-order valence-electron chi connectivity index (χ2n) is 5.53. The van der Waals surface area contributed by atoms with Gasteiger partial charge in [0.15, 0.2) is 0 Å². The van der Waals surface area contributed by atoms with Gasteiger partial charge in [0.2, 0.25) is 5.91 Å². The average Bonchev–Trinajstić information content (AvgIpc) is 2.31. The van der Waals surface area contributed by atoms with Crippen LogP contribution in [0.4, 0.5) is 5.69 Å². The molecule has 0 bridgehead atoms. The van der Waals surface area contributed by atoms with Gasteiger partial charge >= 0.3 is 0 Å². The van der Waals surface area contributed by atoms with Gasteiger partial charge in [-0.2, -0.15) is 0 Å². The van der Waals surface area contributed by atoms with Gasteiger partial charge in [-0.15, -0.1) is 0 Å². The first kappa shape index (κ1) is 15.3. The maximum atomic E-state index is 12.0. The van der Waals surface area contributed by atoms with Crippen molar-refractivity contribution in [1.29, 1.82) is 0 Å². The molecule has 1 amide bonds. The summed E-state index contributed by atoms with van der Waals surface area (Å²) in [6.07, 6.45) is 0.431. The van der Waals surface area contributed by atoms with Gasteiger partial charge in [0, 0.05) is 17.4 Å². The molecule has 1 aromatic carbocycles. The monoisotopic (exact) mass is 259 g/mol. The molecule has 0 radical (unpaired) electrons. The number of hydrogen-bond acceptors (Lipinski definition) is 2. The third kappa shape index (κ3) is 4.76. The zero-order valence-corrected chi connectivity index (χ0v) is 12.0. The number of amides is 1. The Hall–Kier alpha value is -1.79. The molecule has 1 rings (SSSR count). The van der Waals surface area contributed by atoms with Gasteiger partial charge in [-0.25, -0.2) is 0 Å². The molecule has 0 fully saturated rings. The van der Waals surface area contributed by atoms with E-state index in [9.17, 15) is 4.79 Å². The Bertz CT molecular complexity index is 516. The minimum atomic E-state index is -0.444. The Morgan fingerprint density at radius 2 is 2.05 bits per heavy atom. The van der Waals surface area contributed by atoms with Crippen LogP contribution in [0.15, 0.2) is 18.2 Å². The van der Waals surface area contributed by atoms with Gasteiger partial charge in [-0.3, -0.25) is 4.79 Å². The highest BCUT2D eigenvalue weighted by Gasteiger charge is 2.21. The summed E-state index contributed by atoms with van der Waals surface area (Å²) in [7, 11) is 0. The maximum absolute atomic E-state index is 12.0. The molecule has 3 nitrogen and oxygen atoms in total. The van der Waals surface area contributed by atoms with Gasteiger partial charge in [-0.05, 0) is 24.6 Å². The molecule has 0 aromatic heterocycles. The van der Waals surface area contributed by atoms with E-state index in [1.807, 2.05) is 45.9 Å². The first-order valence-electron chi connectivity index (χ1n) is 6.36. The third-order valence-corrected chi connectivity index (χ3v) is 2.56. The summed E-state index contributed by atoms with van der Waals surface area (Å²) in [5.41, 5.74) is 2.14. The topological polar surface area (TPSA) is 49.3 Å². The second-order valence-corrected chi connectivity index (χ2v) is 5.53. The lowest BCUT2D eigenvalue weighted by molar-refractivity contribution is -0.123. The van der Waals surface area contributed by atoms with Gasteiger partial charge in [0.1, 0.15) is 0 Å². The molecule has 0 atom stereocenters. The highest BCUT2D eigenvalue weighted by Crippen LogP contribution is 2.21. The number of hydrogen-bond donors (Lipinski definition) is 2. The van der Waals surface area contributed by atoms with Crippen LogP contribution in [0.3, 0.4) is 0 Å². The molecule has 0 heterocycles. The molecule has 1 aromatic rings. The highest BCUT2D eigenvalue weighted by molar-refractivity contribution is 5.95. The van der Waals surface area contributed by atoms with Gasteiger partial charge in [0.05, 0.1) is 12.3 Å². The van der Waals surface area contributed by atoms with Crippen molar-refractivity contribution in [2.75, 3.05) is 11.9 Å². The zero-order valence-electron chi connectivity index (χ0n) is 12.0. The fraction of sp³-hybridized carbons (Fsp3) is 0.438. The van der Waals surface area contributed by atoms with Gasteiger partial charge in [0.25, 0.3) is 0 Å². The number of benzene rings is 1. The Balaban J connectivity index is 3.01. The fourth-order valence-corrected chi connectivity index (χ4v) is 1.39. The Labute approximate surface area is 115 Å². The minimum Gasteiger partial charge on any atom is -0.395 e. The summed E-state index contributed by atoms with van der Waals surface area (Å²) in [6, 6.07) is 5.74. The number of aliphatic hydroxyl groups excluding tert-OH is 1. The van der Waals surface area contributed by atoms with Gasteiger partial charge < -0.3 is 10.4 Å². The van der Waals surface area contributed by atoms with Crippen LogP contribution in [0.1, 0.15) is 38.3 Å². The van der Waals surface area contributed by atoms with E-state index < -0.39 is 5.41 Å². The summed E-state index contributed by atoms with van der Waals surface area (Å²) < 4.78 is 0. The average molecular weight is 259 g/mol. The van der Waals surface area contributed by atoms with Crippen molar-refractivity contribution >= 4 is 11.6 Å². The Morgan fingerprint density at radius 1 is 1.37 bits per heavy atom. The first-order chi connectivity index (χ1) is 8.84. The van der Waals surface area contributed by atoms with Crippen molar-refractivity contribution in [2.45, 2.75) is 34.1 Å². The molecular formula is C16H21NO2. The molecule has 0 aliphatic heterocycles. The number of carbonyl (C=O) groups excluding carboxylic acids is 1.